The molecule has 1 heterocycles. The second-order valence-electron chi connectivity index (χ2n) is 3.57. The molecule has 0 aliphatic heterocycles. The number of hydrogen-bond donors (Lipinski definition) is 0. The van der Waals surface area contributed by atoms with Crippen LogP contribution in [0.25, 0.3) is 0 Å². The molecule has 0 spiro atoms. The first kappa shape index (κ1) is 12.7. The van der Waals surface area contributed by atoms with Crippen molar-refractivity contribution in [2.45, 2.75) is 26.2 Å². The lowest BCUT2D eigenvalue weighted by atomic mass is 10.2. The van der Waals surface area contributed by atoms with Crippen LogP contribution in [0.5, 0.6) is 0 Å². The fourth-order valence-electron chi connectivity index (χ4n) is 1.34. The SMILES string of the molecule is CCCCCN(C)C(=O)c1csc(Br)c1. The first-order valence-corrected chi connectivity index (χ1v) is 6.82. The van der Waals surface area contributed by atoms with Crippen molar-refractivity contribution in [2.75, 3.05) is 13.6 Å². The maximum Gasteiger partial charge on any atom is 0.254 e. The highest BCUT2D eigenvalue weighted by Gasteiger charge is 2.12. The van der Waals surface area contributed by atoms with Gasteiger partial charge in [0.25, 0.3) is 5.91 Å². The highest BCUT2D eigenvalue weighted by molar-refractivity contribution is 9.11. The van der Waals surface area contributed by atoms with E-state index in [0.29, 0.717) is 0 Å². The van der Waals surface area contributed by atoms with E-state index in [4.69, 9.17) is 0 Å². The number of carbonyl (C=O) groups excluding carboxylic acids is 1. The van der Waals surface area contributed by atoms with Gasteiger partial charge in [-0.15, -0.1) is 11.3 Å². The predicted molar refractivity (Wildman–Crippen MR) is 68.5 cm³/mol. The fourth-order valence-corrected chi connectivity index (χ4v) is 2.47. The number of carbonyl (C=O) groups is 1. The Kier molecular flexibility index (Phi) is 5.32. The normalized spacial score (nSPS) is 10.3. The molecule has 0 aromatic carbocycles. The number of halogens is 1. The molecule has 1 aromatic rings. The minimum absolute atomic E-state index is 0.119. The van der Waals surface area contributed by atoms with E-state index >= 15 is 0 Å². The summed E-state index contributed by atoms with van der Waals surface area (Å²) in [7, 11) is 1.86. The van der Waals surface area contributed by atoms with Crippen molar-refractivity contribution in [1.29, 1.82) is 0 Å². The van der Waals surface area contributed by atoms with Crippen molar-refractivity contribution in [3.05, 3.63) is 20.8 Å². The van der Waals surface area contributed by atoms with Crippen molar-refractivity contribution in [3.63, 3.8) is 0 Å². The molecule has 1 aromatic heterocycles. The maximum atomic E-state index is 11.9. The van der Waals surface area contributed by atoms with E-state index in [1.165, 1.54) is 12.8 Å². The second kappa shape index (κ2) is 6.28. The molecule has 0 unspecified atom stereocenters. The van der Waals surface area contributed by atoms with E-state index in [0.717, 1.165) is 22.3 Å². The largest absolute Gasteiger partial charge is 0.342 e. The molecular weight excluding hydrogens is 274 g/mol. The zero-order valence-electron chi connectivity index (χ0n) is 9.12. The van der Waals surface area contributed by atoms with E-state index < -0.39 is 0 Å². The third kappa shape index (κ3) is 3.95. The Morgan fingerprint density at radius 1 is 1.53 bits per heavy atom. The lowest BCUT2D eigenvalue weighted by molar-refractivity contribution is 0.0793. The second-order valence-corrected chi connectivity index (χ2v) is 5.86. The van der Waals surface area contributed by atoms with Gasteiger partial charge < -0.3 is 4.90 Å². The van der Waals surface area contributed by atoms with Crippen LogP contribution in [0.4, 0.5) is 0 Å². The summed E-state index contributed by atoms with van der Waals surface area (Å²) in [5.74, 6) is 0.119. The Morgan fingerprint density at radius 2 is 2.27 bits per heavy atom. The van der Waals surface area contributed by atoms with E-state index in [2.05, 4.69) is 22.9 Å². The molecule has 2 nitrogen and oxygen atoms in total. The van der Waals surface area contributed by atoms with E-state index in [9.17, 15) is 4.79 Å². The molecule has 0 aliphatic carbocycles. The average Bonchev–Trinajstić information content (AvgIpc) is 2.64. The maximum absolute atomic E-state index is 11.9. The van der Waals surface area contributed by atoms with Crippen LogP contribution in [0.2, 0.25) is 0 Å². The summed E-state index contributed by atoms with van der Waals surface area (Å²) in [5.41, 5.74) is 0.783. The quantitative estimate of drug-likeness (QED) is 0.756. The van der Waals surface area contributed by atoms with Crippen molar-refractivity contribution in [3.8, 4) is 0 Å². The molecule has 0 saturated heterocycles. The van der Waals surface area contributed by atoms with Gasteiger partial charge in [0, 0.05) is 19.0 Å². The Labute approximate surface area is 103 Å². The van der Waals surface area contributed by atoms with Crippen LogP contribution in [-0.4, -0.2) is 24.4 Å². The molecule has 0 atom stereocenters. The molecule has 15 heavy (non-hydrogen) atoms. The number of rotatable bonds is 5. The van der Waals surface area contributed by atoms with Gasteiger partial charge in [-0.05, 0) is 28.4 Å². The van der Waals surface area contributed by atoms with Crippen LogP contribution in [-0.2, 0) is 0 Å². The zero-order valence-corrected chi connectivity index (χ0v) is 11.5. The summed E-state index contributed by atoms with van der Waals surface area (Å²) in [5, 5.41) is 1.89. The molecule has 0 bridgehead atoms. The zero-order chi connectivity index (χ0) is 11.3. The number of hydrogen-bond acceptors (Lipinski definition) is 2. The lowest BCUT2D eigenvalue weighted by Gasteiger charge is -2.15. The minimum atomic E-state index is 0.119. The average molecular weight is 290 g/mol. The summed E-state index contributed by atoms with van der Waals surface area (Å²) >= 11 is 4.91. The number of amides is 1. The standard InChI is InChI=1S/C11H16BrNOS/c1-3-4-5-6-13(2)11(14)9-7-10(12)15-8-9/h7-8H,3-6H2,1-2H3. The van der Waals surface area contributed by atoms with E-state index in [-0.39, 0.29) is 5.91 Å². The summed E-state index contributed by atoms with van der Waals surface area (Å²) in [4.78, 5) is 13.7. The van der Waals surface area contributed by atoms with Gasteiger partial charge in [-0.1, -0.05) is 19.8 Å². The molecule has 0 N–H and O–H groups in total. The molecule has 4 heteroatoms. The highest BCUT2D eigenvalue weighted by atomic mass is 79.9. The van der Waals surface area contributed by atoms with Crippen molar-refractivity contribution in [1.82, 2.24) is 4.90 Å². The lowest BCUT2D eigenvalue weighted by Crippen LogP contribution is -2.27. The first-order valence-electron chi connectivity index (χ1n) is 5.14. The third-order valence-electron chi connectivity index (χ3n) is 2.26. The van der Waals surface area contributed by atoms with Gasteiger partial charge in [0.15, 0.2) is 0 Å². The summed E-state index contributed by atoms with van der Waals surface area (Å²) < 4.78 is 1.01. The topological polar surface area (TPSA) is 20.3 Å². The molecule has 84 valence electrons. The Balaban J connectivity index is 2.46. The third-order valence-corrected chi connectivity index (χ3v) is 3.76. The molecular formula is C11H16BrNOS. The predicted octanol–water partition coefficient (Wildman–Crippen LogP) is 3.77. The van der Waals surface area contributed by atoms with E-state index in [1.54, 1.807) is 16.2 Å². The number of nitrogens with zero attached hydrogens (tertiary/aromatic N) is 1. The van der Waals surface area contributed by atoms with Gasteiger partial charge in [0.05, 0.1) is 9.35 Å². The highest BCUT2D eigenvalue weighted by Crippen LogP contribution is 2.21. The van der Waals surface area contributed by atoms with Crippen LogP contribution >= 0.6 is 27.3 Å². The van der Waals surface area contributed by atoms with Crippen LogP contribution in [0.3, 0.4) is 0 Å². The van der Waals surface area contributed by atoms with Gasteiger partial charge >= 0.3 is 0 Å². The summed E-state index contributed by atoms with van der Waals surface area (Å²) in [6, 6.07) is 1.88. The molecule has 0 aliphatic rings. The van der Waals surface area contributed by atoms with Gasteiger partial charge in [-0.25, -0.2) is 0 Å². The van der Waals surface area contributed by atoms with Crippen molar-refractivity contribution >= 4 is 33.2 Å². The van der Waals surface area contributed by atoms with Crippen LogP contribution in [0.15, 0.2) is 15.2 Å². The molecule has 0 saturated carbocycles. The number of thiophene rings is 1. The monoisotopic (exact) mass is 289 g/mol. The van der Waals surface area contributed by atoms with Crippen LogP contribution < -0.4 is 0 Å². The molecule has 0 fully saturated rings. The van der Waals surface area contributed by atoms with Gasteiger partial charge in [0.2, 0.25) is 0 Å². The van der Waals surface area contributed by atoms with Gasteiger partial charge in [-0.2, -0.15) is 0 Å². The first-order chi connectivity index (χ1) is 7.15. The molecule has 1 rings (SSSR count). The fraction of sp³-hybridized carbons (Fsp3) is 0.545. The Hall–Kier alpha value is -0.350. The minimum Gasteiger partial charge on any atom is -0.342 e. The summed E-state index contributed by atoms with van der Waals surface area (Å²) in [6.45, 7) is 3.01. The molecule has 0 radical (unpaired) electrons. The van der Waals surface area contributed by atoms with Crippen molar-refractivity contribution in [2.24, 2.45) is 0 Å². The molecule has 1 amide bonds. The van der Waals surface area contributed by atoms with Crippen LogP contribution in [0.1, 0.15) is 36.5 Å². The van der Waals surface area contributed by atoms with Gasteiger partial charge in [0.1, 0.15) is 0 Å². The van der Waals surface area contributed by atoms with Crippen LogP contribution in [0, 0.1) is 0 Å². The van der Waals surface area contributed by atoms with Gasteiger partial charge in [-0.3, -0.25) is 4.79 Å². The Bertz CT molecular complexity index is 324. The van der Waals surface area contributed by atoms with Crippen molar-refractivity contribution < 1.29 is 4.79 Å². The Morgan fingerprint density at radius 3 is 2.80 bits per heavy atom. The summed E-state index contributed by atoms with van der Waals surface area (Å²) in [6.07, 6.45) is 3.46. The smallest absolute Gasteiger partial charge is 0.254 e. The van der Waals surface area contributed by atoms with E-state index in [1.807, 2.05) is 18.5 Å². The number of unbranched alkanes of at least 4 members (excludes halogenated alkanes) is 2.